The normalized spacial score (nSPS) is 16.5. The van der Waals surface area contributed by atoms with Crippen LogP contribution in [-0.4, -0.2) is 96.8 Å². The monoisotopic (exact) mass is 638 g/mol. The maximum absolute atomic E-state index is 14.5. The number of aliphatic hydroxyl groups excluding tert-OH is 1. The summed E-state index contributed by atoms with van der Waals surface area (Å²) in [6, 6.07) is 15.1. The van der Waals surface area contributed by atoms with Gasteiger partial charge in [0, 0.05) is 39.0 Å². The molecule has 4 rings (SSSR count). The van der Waals surface area contributed by atoms with E-state index in [0.717, 1.165) is 47.9 Å². The fraction of sp³-hybridized carbons (Fsp3) is 0.457. The minimum atomic E-state index is -1.13. The number of rotatable bonds is 15. The summed E-state index contributed by atoms with van der Waals surface area (Å²) in [5.41, 5.74) is 1.13. The van der Waals surface area contributed by atoms with Crippen LogP contribution in [0.15, 0.2) is 60.7 Å². The van der Waals surface area contributed by atoms with E-state index < -0.39 is 41.6 Å². The minimum Gasteiger partial charge on any atom is -0.392 e. The fourth-order valence-corrected chi connectivity index (χ4v) is 5.76. The molecule has 4 atom stereocenters. The van der Waals surface area contributed by atoms with Crippen molar-refractivity contribution in [2.75, 3.05) is 39.9 Å². The molecule has 0 saturated carbocycles. The SMILES string of the molecule is CCN(C(=O)[C@@H](Cc1ccc2ccccc2c1)N(C)C(=O)COC[C@H]1CCCN1)[C@H](Cc1ccc(F)c(F)c1)C(=O)NC[C@@H](C)O. The second-order valence-electron chi connectivity index (χ2n) is 11.9. The number of nitrogens with zero attached hydrogens (tertiary/aromatic N) is 2. The Bertz CT molecular complexity index is 1500. The maximum atomic E-state index is 14.5. The molecule has 1 saturated heterocycles. The molecule has 0 aromatic heterocycles. The van der Waals surface area contributed by atoms with Gasteiger partial charge in [-0.15, -0.1) is 0 Å². The first-order valence-electron chi connectivity index (χ1n) is 15.8. The minimum absolute atomic E-state index is 0.0645. The summed E-state index contributed by atoms with van der Waals surface area (Å²) in [4.78, 5) is 44.2. The smallest absolute Gasteiger partial charge is 0.249 e. The first kappa shape index (κ1) is 34.9. The topological polar surface area (TPSA) is 111 Å². The molecule has 1 aliphatic rings. The van der Waals surface area contributed by atoms with Gasteiger partial charge in [0.05, 0.1) is 12.7 Å². The molecule has 0 radical (unpaired) electrons. The number of carbonyl (C=O) groups excluding carboxylic acids is 3. The molecule has 3 aromatic rings. The van der Waals surface area contributed by atoms with Crippen molar-refractivity contribution in [3.63, 3.8) is 0 Å². The van der Waals surface area contributed by atoms with E-state index in [-0.39, 0.29) is 44.5 Å². The Morgan fingerprint density at radius 2 is 1.70 bits per heavy atom. The molecule has 3 N–H and O–H groups in total. The van der Waals surface area contributed by atoms with Crippen molar-refractivity contribution in [1.29, 1.82) is 0 Å². The second-order valence-corrected chi connectivity index (χ2v) is 11.9. The van der Waals surface area contributed by atoms with E-state index in [1.165, 1.54) is 22.8 Å². The van der Waals surface area contributed by atoms with Crippen LogP contribution < -0.4 is 10.6 Å². The van der Waals surface area contributed by atoms with Crippen molar-refractivity contribution >= 4 is 28.5 Å². The first-order chi connectivity index (χ1) is 22.1. The summed E-state index contributed by atoms with van der Waals surface area (Å²) in [6.07, 6.45) is 1.23. The van der Waals surface area contributed by atoms with E-state index in [9.17, 15) is 28.3 Å². The van der Waals surface area contributed by atoms with E-state index in [1.807, 2.05) is 42.5 Å². The van der Waals surface area contributed by atoms with Crippen LogP contribution in [0.5, 0.6) is 0 Å². The van der Waals surface area contributed by atoms with Gasteiger partial charge in [-0.05, 0) is 67.3 Å². The number of ether oxygens (including phenoxy) is 1. The third-order valence-corrected chi connectivity index (χ3v) is 8.38. The van der Waals surface area contributed by atoms with Crippen LogP contribution in [0.4, 0.5) is 8.78 Å². The van der Waals surface area contributed by atoms with E-state index in [2.05, 4.69) is 10.6 Å². The summed E-state index contributed by atoms with van der Waals surface area (Å²) in [5.74, 6) is -3.52. The molecule has 1 heterocycles. The highest BCUT2D eigenvalue weighted by molar-refractivity contribution is 5.93. The number of amides is 3. The van der Waals surface area contributed by atoms with E-state index in [0.29, 0.717) is 12.2 Å². The van der Waals surface area contributed by atoms with E-state index >= 15 is 0 Å². The average Bonchev–Trinajstić information content (AvgIpc) is 3.57. The number of hydrogen-bond donors (Lipinski definition) is 3. The molecule has 9 nitrogen and oxygen atoms in total. The quantitative estimate of drug-likeness (QED) is 0.236. The van der Waals surface area contributed by atoms with Gasteiger partial charge in [-0.3, -0.25) is 14.4 Å². The number of fused-ring (bicyclic) bond motifs is 1. The zero-order valence-electron chi connectivity index (χ0n) is 26.7. The fourth-order valence-electron chi connectivity index (χ4n) is 5.76. The third kappa shape index (κ3) is 9.31. The molecule has 3 amide bonds. The number of carbonyl (C=O) groups is 3. The van der Waals surface area contributed by atoms with Crippen LogP contribution in [-0.2, 0) is 32.0 Å². The van der Waals surface area contributed by atoms with Crippen LogP contribution in [0.1, 0.15) is 37.8 Å². The van der Waals surface area contributed by atoms with Gasteiger partial charge in [0.25, 0.3) is 0 Å². The Morgan fingerprint density at radius 3 is 2.37 bits per heavy atom. The summed E-state index contributed by atoms with van der Waals surface area (Å²) in [6.45, 7) is 4.33. The lowest BCUT2D eigenvalue weighted by Crippen LogP contribution is -2.58. The van der Waals surface area contributed by atoms with Crippen molar-refractivity contribution < 1.29 is 33.0 Å². The zero-order chi connectivity index (χ0) is 33.2. The number of nitrogens with one attached hydrogen (secondary N) is 2. The Balaban J connectivity index is 1.63. The summed E-state index contributed by atoms with van der Waals surface area (Å²) in [7, 11) is 1.55. The molecule has 0 unspecified atom stereocenters. The second kappa shape index (κ2) is 16.6. The molecule has 3 aromatic carbocycles. The third-order valence-electron chi connectivity index (χ3n) is 8.38. The van der Waals surface area contributed by atoms with Crippen molar-refractivity contribution in [3.8, 4) is 0 Å². The van der Waals surface area contributed by atoms with Gasteiger partial charge in [0.15, 0.2) is 11.6 Å². The highest BCUT2D eigenvalue weighted by Crippen LogP contribution is 2.21. The lowest BCUT2D eigenvalue weighted by Gasteiger charge is -2.36. The number of aliphatic hydroxyl groups is 1. The van der Waals surface area contributed by atoms with Gasteiger partial charge in [0.2, 0.25) is 17.7 Å². The zero-order valence-corrected chi connectivity index (χ0v) is 26.7. The van der Waals surface area contributed by atoms with Gasteiger partial charge < -0.3 is 30.3 Å². The van der Waals surface area contributed by atoms with E-state index in [4.69, 9.17) is 4.74 Å². The van der Waals surface area contributed by atoms with Gasteiger partial charge in [0.1, 0.15) is 18.7 Å². The van der Waals surface area contributed by atoms with Crippen molar-refractivity contribution in [2.45, 2.75) is 63.8 Å². The van der Waals surface area contributed by atoms with Crippen LogP contribution >= 0.6 is 0 Å². The molecule has 0 spiro atoms. The van der Waals surface area contributed by atoms with Crippen molar-refractivity contribution in [1.82, 2.24) is 20.4 Å². The Kier molecular flexibility index (Phi) is 12.6. The van der Waals surface area contributed by atoms with Gasteiger partial charge >= 0.3 is 0 Å². The van der Waals surface area contributed by atoms with E-state index in [1.54, 1.807) is 14.0 Å². The lowest BCUT2D eigenvalue weighted by atomic mass is 9.98. The average molecular weight is 639 g/mol. The van der Waals surface area contributed by atoms with Crippen LogP contribution in [0, 0.1) is 11.6 Å². The van der Waals surface area contributed by atoms with Crippen molar-refractivity contribution in [3.05, 3.63) is 83.4 Å². The Hall–Kier alpha value is -3.93. The molecule has 248 valence electrons. The molecule has 1 fully saturated rings. The van der Waals surface area contributed by atoms with Gasteiger partial charge in [-0.25, -0.2) is 8.78 Å². The van der Waals surface area contributed by atoms with Crippen LogP contribution in [0.3, 0.4) is 0 Å². The molecular weight excluding hydrogens is 594 g/mol. The van der Waals surface area contributed by atoms with Gasteiger partial charge in [-0.2, -0.15) is 0 Å². The highest BCUT2D eigenvalue weighted by atomic mass is 19.2. The van der Waals surface area contributed by atoms with Gasteiger partial charge in [-0.1, -0.05) is 48.5 Å². The predicted molar refractivity (Wildman–Crippen MR) is 172 cm³/mol. The predicted octanol–water partition coefficient (Wildman–Crippen LogP) is 3.21. The Morgan fingerprint density at radius 1 is 1.00 bits per heavy atom. The standard InChI is InChI=1S/C35H44F2N4O5/c1-4-41(31(34(44)39-20-23(2)42)18-25-12-14-29(36)30(37)17-25)35(45)32(19-24-11-13-26-8-5-6-9-27(26)16-24)40(3)33(43)22-46-21-28-10-7-15-38-28/h5-6,8-9,11-14,16-17,23,28,31-32,38,42H,4,7,10,15,18-22H2,1-3H3,(H,39,44)/t23-,28-,31-,32-/m1/s1. The van der Waals surface area contributed by atoms with Crippen LogP contribution in [0.2, 0.25) is 0 Å². The molecule has 0 bridgehead atoms. The molecule has 0 aliphatic carbocycles. The number of likely N-dealkylation sites (N-methyl/N-ethyl adjacent to an activating group) is 2. The Labute approximate surface area is 268 Å². The highest BCUT2D eigenvalue weighted by Gasteiger charge is 2.36. The molecule has 11 heteroatoms. The lowest BCUT2D eigenvalue weighted by molar-refractivity contribution is -0.150. The molecule has 1 aliphatic heterocycles. The van der Waals surface area contributed by atoms with Crippen LogP contribution in [0.25, 0.3) is 10.8 Å². The maximum Gasteiger partial charge on any atom is 0.249 e. The number of halogens is 2. The number of hydrogen-bond acceptors (Lipinski definition) is 6. The largest absolute Gasteiger partial charge is 0.392 e. The molecule has 46 heavy (non-hydrogen) atoms. The molecular formula is C35H44F2N4O5. The summed E-state index contributed by atoms with van der Waals surface area (Å²) in [5, 5.41) is 17.8. The first-order valence-corrected chi connectivity index (χ1v) is 15.8. The summed E-state index contributed by atoms with van der Waals surface area (Å²) < 4.78 is 33.6. The number of benzene rings is 3. The van der Waals surface area contributed by atoms with Crippen molar-refractivity contribution in [2.24, 2.45) is 0 Å². The summed E-state index contributed by atoms with van der Waals surface area (Å²) >= 11 is 0.